The molecule has 0 radical (unpaired) electrons. The molecule has 1 fully saturated rings. The fourth-order valence-electron chi connectivity index (χ4n) is 2.43. The van der Waals surface area contributed by atoms with E-state index >= 15 is 0 Å². The monoisotopic (exact) mass is 325 g/mol. The molecule has 0 aromatic carbocycles. The Morgan fingerprint density at radius 3 is 2.64 bits per heavy atom. The molecule has 2 heterocycles. The van der Waals surface area contributed by atoms with Crippen LogP contribution >= 0.6 is 11.3 Å². The molecule has 1 aromatic heterocycles. The Morgan fingerprint density at radius 2 is 2.00 bits per heavy atom. The largest absolute Gasteiger partial charge is 0.379 e. The lowest BCUT2D eigenvalue weighted by Gasteiger charge is -2.34. The van der Waals surface area contributed by atoms with Crippen LogP contribution in [0, 0.1) is 0 Å². The molecule has 122 valence electrons. The van der Waals surface area contributed by atoms with Crippen molar-refractivity contribution in [3.8, 4) is 0 Å². The number of piperazine rings is 1. The van der Waals surface area contributed by atoms with Gasteiger partial charge in [-0.3, -0.25) is 14.5 Å². The zero-order chi connectivity index (χ0) is 15.9. The number of nitrogens with one attached hydrogen (secondary N) is 1. The van der Waals surface area contributed by atoms with Crippen LogP contribution in [0.15, 0.2) is 12.1 Å². The number of hydrogen-bond acceptors (Lipinski definition) is 5. The van der Waals surface area contributed by atoms with Gasteiger partial charge in [-0.2, -0.15) is 0 Å². The maximum absolute atomic E-state index is 12.4. The molecule has 22 heavy (non-hydrogen) atoms. The third-order valence-electron chi connectivity index (χ3n) is 3.56. The highest BCUT2D eigenvalue weighted by Crippen LogP contribution is 2.19. The van der Waals surface area contributed by atoms with Gasteiger partial charge >= 0.3 is 0 Å². The first-order valence-electron chi connectivity index (χ1n) is 7.50. The second-order valence-corrected chi connectivity index (χ2v) is 6.39. The first kappa shape index (κ1) is 16.9. The summed E-state index contributed by atoms with van der Waals surface area (Å²) in [6.07, 6.45) is 0. The van der Waals surface area contributed by atoms with Crippen molar-refractivity contribution in [2.24, 2.45) is 0 Å². The van der Waals surface area contributed by atoms with E-state index in [-0.39, 0.29) is 11.8 Å². The van der Waals surface area contributed by atoms with Crippen molar-refractivity contribution in [2.75, 3.05) is 46.4 Å². The number of ether oxygens (including phenoxy) is 1. The number of nitrogens with zero attached hydrogens (tertiary/aromatic N) is 2. The molecule has 1 N–H and O–H groups in total. The zero-order valence-electron chi connectivity index (χ0n) is 13.1. The van der Waals surface area contributed by atoms with Crippen LogP contribution in [-0.2, 0) is 16.1 Å². The van der Waals surface area contributed by atoms with E-state index in [1.165, 1.54) is 11.3 Å². The summed E-state index contributed by atoms with van der Waals surface area (Å²) in [6, 6.07) is 3.80. The summed E-state index contributed by atoms with van der Waals surface area (Å²) in [5.74, 6) is 0.120. The molecule has 1 aromatic rings. The predicted octanol–water partition coefficient (Wildman–Crippen LogP) is 0.788. The highest BCUT2D eigenvalue weighted by Gasteiger charge is 2.24. The first-order valence-corrected chi connectivity index (χ1v) is 8.31. The smallest absolute Gasteiger partial charge is 0.264 e. The normalized spacial score (nSPS) is 15.8. The van der Waals surface area contributed by atoms with Crippen LogP contribution in [0.3, 0.4) is 0 Å². The standard InChI is InChI=1S/C15H23N3O3S/c1-3-16-14(19)10-17-6-8-18(9-7-17)15(20)13-5-4-12(22-13)11-21-2/h4-5H,3,6-11H2,1-2H3,(H,16,19). The Bertz CT molecular complexity index is 510. The summed E-state index contributed by atoms with van der Waals surface area (Å²) in [4.78, 5) is 29.8. The third kappa shape index (κ3) is 4.53. The molecule has 1 aliphatic rings. The molecular formula is C15H23N3O3S. The minimum Gasteiger partial charge on any atom is -0.379 e. The second-order valence-electron chi connectivity index (χ2n) is 5.22. The lowest BCUT2D eigenvalue weighted by atomic mass is 10.3. The van der Waals surface area contributed by atoms with Gasteiger partial charge < -0.3 is 15.0 Å². The van der Waals surface area contributed by atoms with E-state index < -0.39 is 0 Å². The molecule has 0 saturated carbocycles. The van der Waals surface area contributed by atoms with E-state index in [1.807, 2.05) is 24.0 Å². The van der Waals surface area contributed by atoms with Crippen molar-refractivity contribution in [1.82, 2.24) is 15.1 Å². The Morgan fingerprint density at radius 1 is 1.27 bits per heavy atom. The highest BCUT2D eigenvalue weighted by molar-refractivity contribution is 7.14. The van der Waals surface area contributed by atoms with Crippen LogP contribution in [-0.4, -0.2) is 68.0 Å². The Kier molecular flexibility index (Phi) is 6.35. The molecule has 0 aliphatic carbocycles. The van der Waals surface area contributed by atoms with Crippen LogP contribution in [0.1, 0.15) is 21.5 Å². The second kappa shape index (κ2) is 8.26. The van der Waals surface area contributed by atoms with Gasteiger partial charge in [0, 0.05) is 44.7 Å². The average molecular weight is 325 g/mol. The summed E-state index contributed by atoms with van der Waals surface area (Å²) >= 11 is 1.48. The lowest BCUT2D eigenvalue weighted by Crippen LogP contribution is -2.51. The number of thiophene rings is 1. The van der Waals surface area contributed by atoms with E-state index in [9.17, 15) is 9.59 Å². The fraction of sp³-hybridized carbons (Fsp3) is 0.600. The Labute approximate surface area is 135 Å². The van der Waals surface area contributed by atoms with Gasteiger partial charge in [0.2, 0.25) is 5.91 Å². The average Bonchev–Trinajstić information content (AvgIpc) is 2.96. The van der Waals surface area contributed by atoms with Crippen LogP contribution in [0.4, 0.5) is 0 Å². The molecule has 2 amide bonds. The highest BCUT2D eigenvalue weighted by atomic mass is 32.1. The van der Waals surface area contributed by atoms with Gasteiger partial charge in [0.1, 0.15) is 0 Å². The van der Waals surface area contributed by atoms with Crippen LogP contribution in [0.25, 0.3) is 0 Å². The molecule has 0 unspecified atom stereocenters. The maximum atomic E-state index is 12.4. The topological polar surface area (TPSA) is 61.9 Å². The minimum absolute atomic E-state index is 0.0461. The van der Waals surface area contributed by atoms with Gasteiger partial charge in [-0.1, -0.05) is 0 Å². The number of hydrogen-bond donors (Lipinski definition) is 1. The minimum atomic E-state index is 0.0461. The van der Waals surface area contributed by atoms with E-state index in [2.05, 4.69) is 10.2 Å². The summed E-state index contributed by atoms with van der Waals surface area (Å²) in [5.41, 5.74) is 0. The van der Waals surface area contributed by atoms with Crippen molar-refractivity contribution < 1.29 is 14.3 Å². The summed E-state index contributed by atoms with van der Waals surface area (Å²) < 4.78 is 5.08. The van der Waals surface area contributed by atoms with E-state index in [1.54, 1.807) is 7.11 Å². The Balaban J connectivity index is 1.82. The van der Waals surface area contributed by atoms with Crippen molar-refractivity contribution in [1.29, 1.82) is 0 Å². The summed E-state index contributed by atoms with van der Waals surface area (Å²) in [5, 5.41) is 2.80. The van der Waals surface area contributed by atoms with Crippen LogP contribution in [0.5, 0.6) is 0 Å². The number of rotatable bonds is 6. The SMILES string of the molecule is CCNC(=O)CN1CCN(C(=O)c2ccc(COC)s2)CC1. The van der Waals surface area contributed by atoms with Gasteiger partial charge in [0.05, 0.1) is 18.0 Å². The van der Waals surface area contributed by atoms with Crippen molar-refractivity contribution in [3.63, 3.8) is 0 Å². The van der Waals surface area contributed by atoms with Crippen molar-refractivity contribution >= 4 is 23.2 Å². The predicted molar refractivity (Wildman–Crippen MR) is 86.1 cm³/mol. The van der Waals surface area contributed by atoms with Gasteiger partial charge in [0.25, 0.3) is 5.91 Å². The zero-order valence-corrected chi connectivity index (χ0v) is 13.9. The number of carbonyl (C=O) groups is 2. The van der Waals surface area contributed by atoms with Gasteiger partial charge in [-0.15, -0.1) is 11.3 Å². The molecule has 0 atom stereocenters. The third-order valence-corrected chi connectivity index (χ3v) is 4.61. The van der Waals surface area contributed by atoms with E-state index in [0.29, 0.717) is 32.8 Å². The quantitative estimate of drug-likeness (QED) is 0.840. The molecule has 0 spiro atoms. The van der Waals surface area contributed by atoms with Crippen molar-refractivity contribution in [2.45, 2.75) is 13.5 Å². The lowest BCUT2D eigenvalue weighted by molar-refractivity contribution is -0.122. The molecule has 1 aliphatic heterocycles. The van der Waals surface area contributed by atoms with Gasteiger partial charge in [0.15, 0.2) is 0 Å². The molecule has 7 heteroatoms. The van der Waals surface area contributed by atoms with Gasteiger partial charge in [-0.05, 0) is 19.1 Å². The van der Waals surface area contributed by atoms with Crippen molar-refractivity contribution in [3.05, 3.63) is 21.9 Å². The molecule has 0 bridgehead atoms. The molecule has 1 saturated heterocycles. The number of carbonyl (C=O) groups excluding carboxylic acids is 2. The van der Waals surface area contributed by atoms with Crippen LogP contribution in [0.2, 0.25) is 0 Å². The first-order chi connectivity index (χ1) is 10.6. The molecular weight excluding hydrogens is 302 g/mol. The van der Waals surface area contributed by atoms with E-state index in [4.69, 9.17) is 4.74 Å². The summed E-state index contributed by atoms with van der Waals surface area (Å²) in [7, 11) is 1.65. The Hall–Kier alpha value is -1.44. The maximum Gasteiger partial charge on any atom is 0.264 e. The fourth-order valence-corrected chi connectivity index (χ4v) is 3.38. The number of likely N-dealkylation sites (N-methyl/N-ethyl adjacent to an activating group) is 1. The summed E-state index contributed by atoms with van der Waals surface area (Å²) in [6.45, 7) is 6.31. The number of methoxy groups -OCH3 is 1. The van der Waals surface area contributed by atoms with Crippen LogP contribution < -0.4 is 5.32 Å². The van der Waals surface area contributed by atoms with Gasteiger partial charge in [-0.25, -0.2) is 0 Å². The number of amides is 2. The van der Waals surface area contributed by atoms with E-state index in [0.717, 1.165) is 22.8 Å². The molecule has 2 rings (SSSR count). The molecule has 6 nitrogen and oxygen atoms in total.